The van der Waals surface area contributed by atoms with Gasteiger partial charge < -0.3 is 29.6 Å². The first kappa shape index (κ1) is 31.1. The molecule has 1 aromatic carbocycles. The number of hydrogen-bond acceptors (Lipinski definition) is 10. The Morgan fingerprint density at radius 3 is 2.29 bits per heavy atom. The van der Waals surface area contributed by atoms with Crippen LogP contribution in [-0.4, -0.2) is 101 Å². The predicted octanol–water partition coefficient (Wildman–Crippen LogP) is 1.67. The molecule has 1 atom stereocenters. The molecule has 1 aromatic heterocycles. The van der Waals surface area contributed by atoms with Gasteiger partial charge in [0.15, 0.2) is 11.5 Å². The van der Waals surface area contributed by atoms with E-state index in [0.717, 1.165) is 0 Å². The number of aliphatic carboxylic acids is 1. The van der Waals surface area contributed by atoms with E-state index in [1.54, 1.807) is 45.0 Å². The number of nitrogens with one attached hydrogen (secondary N) is 1. The number of aromatic nitrogens is 2. The van der Waals surface area contributed by atoms with Gasteiger partial charge in [0, 0.05) is 31.0 Å². The van der Waals surface area contributed by atoms with Crippen LogP contribution in [0.3, 0.4) is 0 Å². The highest BCUT2D eigenvalue weighted by molar-refractivity contribution is 5.96. The number of carboxylic acid groups (broad SMARTS) is 1. The lowest BCUT2D eigenvalue weighted by atomic mass is 9.91. The van der Waals surface area contributed by atoms with Gasteiger partial charge >= 0.3 is 12.1 Å². The third-order valence-corrected chi connectivity index (χ3v) is 6.27. The number of nitrogens with zero attached hydrogens (tertiary/aromatic N) is 4. The number of ketones is 1. The molecule has 14 heteroatoms. The van der Waals surface area contributed by atoms with E-state index in [1.165, 1.54) is 27.8 Å². The minimum absolute atomic E-state index is 0.0866. The fourth-order valence-corrected chi connectivity index (χ4v) is 3.81. The minimum atomic E-state index is -1.15. The lowest BCUT2D eigenvalue weighted by Crippen LogP contribution is -2.55. The molecule has 1 saturated heterocycles. The van der Waals surface area contributed by atoms with Crippen molar-refractivity contribution in [3.8, 4) is 11.6 Å². The molecule has 0 radical (unpaired) electrons. The number of amides is 2. The fraction of sp³-hybridized carbons (Fsp3) is 0.481. The second kappa shape index (κ2) is 13.7. The van der Waals surface area contributed by atoms with E-state index in [-0.39, 0.29) is 63.0 Å². The van der Waals surface area contributed by atoms with Crippen LogP contribution in [0.5, 0.6) is 5.88 Å². The molecule has 222 valence electrons. The molecule has 0 bridgehead atoms. The molecule has 1 fully saturated rings. The first-order valence-electron chi connectivity index (χ1n) is 13.0. The highest BCUT2D eigenvalue weighted by atomic mass is 16.8. The van der Waals surface area contributed by atoms with Gasteiger partial charge in [-0.2, -0.15) is 5.10 Å². The van der Waals surface area contributed by atoms with Crippen molar-refractivity contribution in [2.75, 3.05) is 39.9 Å². The number of Topliss-reactive ketones (excluding diaryl/α,β-unsaturated/α-hetero) is 1. The minimum Gasteiger partial charge on any atom is -0.481 e. The van der Waals surface area contributed by atoms with Crippen molar-refractivity contribution in [1.82, 2.24) is 25.1 Å². The molecule has 3 rings (SSSR count). The van der Waals surface area contributed by atoms with Crippen LogP contribution >= 0.6 is 0 Å². The van der Waals surface area contributed by atoms with Crippen LogP contribution in [0, 0.1) is 5.41 Å². The van der Waals surface area contributed by atoms with Crippen LogP contribution < -0.4 is 10.1 Å². The van der Waals surface area contributed by atoms with Crippen LogP contribution in [0.25, 0.3) is 5.69 Å². The first-order chi connectivity index (χ1) is 19.4. The Hall–Kier alpha value is -4.46. The molecular weight excluding hydrogens is 538 g/mol. The van der Waals surface area contributed by atoms with Gasteiger partial charge in [-0.3, -0.25) is 19.2 Å². The van der Waals surface area contributed by atoms with Gasteiger partial charge in [0.2, 0.25) is 11.8 Å². The predicted molar refractivity (Wildman–Crippen MR) is 143 cm³/mol. The zero-order valence-corrected chi connectivity index (χ0v) is 23.5. The molecule has 1 aliphatic rings. The fourth-order valence-electron chi connectivity index (χ4n) is 3.81. The highest BCUT2D eigenvalue weighted by Crippen LogP contribution is 2.22. The van der Waals surface area contributed by atoms with Gasteiger partial charge in [0.25, 0.3) is 5.91 Å². The SMILES string of the molecule is COC(=O)ON1CCN(C(=O)[C@H](CCC(=O)O)NC(=O)c2cc(OCC(=O)C(C)(C)C)n(-c3ccccc3)n2)CC1. The average molecular weight is 574 g/mol. The lowest BCUT2D eigenvalue weighted by molar-refractivity contribution is -0.156. The molecule has 2 N–H and O–H groups in total. The van der Waals surface area contributed by atoms with Crippen LogP contribution in [0.2, 0.25) is 0 Å². The smallest absolute Gasteiger partial charge is 0.481 e. The van der Waals surface area contributed by atoms with Crippen molar-refractivity contribution in [3.63, 3.8) is 0 Å². The molecule has 2 heterocycles. The molecule has 2 aromatic rings. The maximum Gasteiger partial charge on any atom is 0.527 e. The summed E-state index contributed by atoms with van der Waals surface area (Å²) < 4.78 is 11.6. The van der Waals surface area contributed by atoms with E-state index in [9.17, 15) is 29.1 Å². The standard InChI is InChI=1S/C27H35N5O9/c1-27(2,3)21(33)17-40-22-16-20(29-32(22)18-8-6-5-7-9-18)24(36)28-19(10-11-23(34)35)25(37)30-12-14-31(15-13-30)41-26(38)39-4/h5-9,16,19H,10-15,17H2,1-4H3,(H,28,36)(H,34,35)/t19-/m0/s1. The van der Waals surface area contributed by atoms with Gasteiger partial charge in [-0.1, -0.05) is 39.0 Å². The number of para-hydroxylation sites is 1. The molecule has 2 amide bonds. The lowest BCUT2D eigenvalue weighted by Gasteiger charge is -2.34. The average Bonchev–Trinajstić information content (AvgIpc) is 3.38. The third-order valence-electron chi connectivity index (χ3n) is 6.27. The molecule has 14 nitrogen and oxygen atoms in total. The monoisotopic (exact) mass is 573 g/mol. The maximum absolute atomic E-state index is 13.3. The number of benzene rings is 1. The van der Waals surface area contributed by atoms with Crippen LogP contribution in [0.1, 0.15) is 44.1 Å². The quantitative estimate of drug-likeness (QED) is 0.375. The van der Waals surface area contributed by atoms with E-state index in [1.807, 2.05) is 6.07 Å². The molecule has 0 aliphatic carbocycles. The summed E-state index contributed by atoms with van der Waals surface area (Å²) in [5, 5.41) is 17.5. The van der Waals surface area contributed by atoms with Gasteiger partial charge in [-0.05, 0) is 18.6 Å². The summed E-state index contributed by atoms with van der Waals surface area (Å²) in [6.07, 6.45) is -1.39. The number of rotatable bonds is 11. The highest BCUT2D eigenvalue weighted by Gasteiger charge is 2.31. The summed E-state index contributed by atoms with van der Waals surface area (Å²) in [4.78, 5) is 68.1. The topological polar surface area (TPSA) is 170 Å². The first-order valence-corrected chi connectivity index (χ1v) is 13.0. The summed E-state index contributed by atoms with van der Waals surface area (Å²) in [6.45, 7) is 5.83. The van der Waals surface area contributed by atoms with E-state index in [0.29, 0.717) is 5.69 Å². The Balaban J connectivity index is 1.77. The number of carbonyl (C=O) groups excluding carboxylic acids is 4. The van der Waals surface area contributed by atoms with Crippen molar-refractivity contribution in [1.29, 1.82) is 0 Å². The number of hydroxylamine groups is 2. The molecule has 1 aliphatic heterocycles. The number of piperazine rings is 1. The van der Waals surface area contributed by atoms with Gasteiger partial charge in [0.05, 0.1) is 25.9 Å². The Morgan fingerprint density at radius 1 is 1.05 bits per heavy atom. The van der Waals surface area contributed by atoms with Crippen molar-refractivity contribution in [2.24, 2.45) is 5.41 Å². The van der Waals surface area contributed by atoms with Crippen LogP contribution in [0.4, 0.5) is 4.79 Å². The zero-order valence-electron chi connectivity index (χ0n) is 23.5. The van der Waals surface area contributed by atoms with Gasteiger partial charge in [-0.15, -0.1) is 5.06 Å². The summed E-state index contributed by atoms with van der Waals surface area (Å²) in [7, 11) is 1.18. The summed E-state index contributed by atoms with van der Waals surface area (Å²) in [5.41, 5.74) is -0.140. The van der Waals surface area contributed by atoms with Crippen LogP contribution in [-0.2, 0) is 24.0 Å². The Labute approximate surface area is 237 Å². The van der Waals surface area contributed by atoms with E-state index >= 15 is 0 Å². The molecule has 0 saturated carbocycles. The second-order valence-corrected chi connectivity index (χ2v) is 10.3. The normalized spacial score (nSPS) is 14.6. The number of ether oxygens (including phenoxy) is 2. The summed E-state index contributed by atoms with van der Waals surface area (Å²) in [6, 6.07) is 9.06. The molecule has 0 spiro atoms. The van der Waals surface area contributed by atoms with E-state index < -0.39 is 35.4 Å². The van der Waals surface area contributed by atoms with Crippen molar-refractivity contribution >= 4 is 29.7 Å². The number of hydrogen-bond donors (Lipinski definition) is 2. The maximum atomic E-state index is 13.3. The van der Waals surface area contributed by atoms with Crippen LogP contribution in [0.15, 0.2) is 36.4 Å². The number of carboxylic acids is 1. The van der Waals surface area contributed by atoms with Crippen molar-refractivity contribution in [2.45, 2.75) is 39.7 Å². The second-order valence-electron chi connectivity index (χ2n) is 10.3. The van der Waals surface area contributed by atoms with Gasteiger partial charge in [0.1, 0.15) is 12.6 Å². The van der Waals surface area contributed by atoms with Crippen molar-refractivity contribution in [3.05, 3.63) is 42.1 Å². The van der Waals surface area contributed by atoms with E-state index in [2.05, 4.69) is 15.2 Å². The molecular formula is C27H35N5O9. The van der Waals surface area contributed by atoms with Crippen molar-refractivity contribution < 1.29 is 43.4 Å². The van der Waals surface area contributed by atoms with E-state index in [4.69, 9.17) is 9.57 Å². The number of carbonyl (C=O) groups is 5. The zero-order chi connectivity index (χ0) is 30.2. The summed E-state index contributed by atoms with van der Waals surface area (Å²) >= 11 is 0. The third kappa shape index (κ3) is 8.76. The Kier molecular flexibility index (Phi) is 10.4. The Morgan fingerprint density at radius 2 is 1.71 bits per heavy atom. The molecule has 41 heavy (non-hydrogen) atoms. The number of methoxy groups -OCH3 is 1. The van der Waals surface area contributed by atoms with Gasteiger partial charge in [-0.25, -0.2) is 9.48 Å². The Bertz CT molecular complexity index is 1250. The summed E-state index contributed by atoms with van der Waals surface area (Å²) in [5.74, 6) is -2.33. The largest absolute Gasteiger partial charge is 0.527 e. The molecule has 0 unspecified atom stereocenters.